The van der Waals surface area contributed by atoms with Crippen molar-refractivity contribution in [2.45, 2.75) is 5.54 Å². The van der Waals surface area contributed by atoms with Gasteiger partial charge < -0.3 is 0 Å². The van der Waals surface area contributed by atoms with Gasteiger partial charge in [-0.15, -0.1) is 11.3 Å². The number of nitro benzene ring substituents is 1. The molecule has 6 rings (SSSR count). The summed E-state index contributed by atoms with van der Waals surface area (Å²) in [5, 5.41) is 19.3. The van der Waals surface area contributed by atoms with E-state index in [0.29, 0.717) is 16.6 Å². The summed E-state index contributed by atoms with van der Waals surface area (Å²) in [4.78, 5) is 12.0. The molecule has 39 heavy (non-hydrogen) atoms. The van der Waals surface area contributed by atoms with Gasteiger partial charge in [-0.25, -0.2) is 4.68 Å². The summed E-state index contributed by atoms with van der Waals surface area (Å²) in [7, 11) is 0. The van der Waals surface area contributed by atoms with E-state index in [-0.39, 0.29) is 0 Å². The predicted octanol–water partition coefficient (Wildman–Crippen LogP) is 8.16. The van der Waals surface area contributed by atoms with Gasteiger partial charge in [0.15, 0.2) is 0 Å². The van der Waals surface area contributed by atoms with Gasteiger partial charge in [0.25, 0.3) is 0 Å². The van der Waals surface area contributed by atoms with Gasteiger partial charge >= 0.3 is 5.69 Å². The van der Waals surface area contributed by atoms with E-state index < -0.39 is 22.0 Å². The van der Waals surface area contributed by atoms with Crippen LogP contribution in [-0.2, 0) is 5.54 Å². The number of fused-ring (bicyclic) bond motifs is 1. The third kappa shape index (κ3) is 4.23. The smallest absolute Gasteiger partial charge is 0.258 e. The molecule has 2 heterocycles. The van der Waals surface area contributed by atoms with E-state index in [1.807, 2.05) is 125 Å². The number of nitro groups is 1. The molecule has 190 valence electrons. The maximum Gasteiger partial charge on any atom is 0.305 e. The minimum Gasteiger partial charge on any atom is -0.258 e. The van der Waals surface area contributed by atoms with Crippen LogP contribution < -0.4 is 0 Å². The Bertz CT molecular complexity index is 1690. The Balaban J connectivity index is 1.76. The molecule has 0 unspecified atom stereocenters. The van der Waals surface area contributed by atoms with Crippen LogP contribution in [0.15, 0.2) is 121 Å². The molecule has 0 radical (unpaired) electrons. The highest BCUT2D eigenvalue weighted by Crippen LogP contribution is 2.43. The Morgan fingerprint density at radius 3 is 1.85 bits per heavy atom. The largest absolute Gasteiger partial charge is 0.305 e. The van der Waals surface area contributed by atoms with Gasteiger partial charge in [-0.3, -0.25) is 10.1 Å². The Morgan fingerprint density at radius 1 is 0.795 bits per heavy atom. The number of benzene rings is 4. The number of aromatic nitrogens is 2. The molecule has 6 aromatic rings. The van der Waals surface area contributed by atoms with Crippen LogP contribution >= 0.6 is 11.3 Å². The fourth-order valence-corrected chi connectivity index (χ4v) is 5.74. The maximum absolute atomic E-state index is 15.3. The van der Waals surface area contributed by atoms with Crippen molar-refractivity contribution in [2.75, 3.05) is 0 Å². The van der Waals surface area contributed by atoms with Crippen LogP contribution in [0.4, 0.5) is 10.1 Å². The van der Waals surface area contributed by atoms with E-state index in [1.54, 1.807) is 11.3 Å². The number of rotatable bonds is 7. The Morgan fingerprint density at radius 2 is 1.36 bits per heavy atom. The first-order valence-electron chi connectivity index (χ1n) is 12.3. The number of nitrogens with zero attached hydrogens (tertiary/aromatic N) is 3. The summed E-state index contributed by atoms with van der Waals surface area (Å²) in [5.41, 5.74) is 2.12. The highest BCUT2D eigenvalue weighted by atomic mass is 32.1. The van der Waals surface area contributed by atoms with E-state index >= 15 is 4.39 Å². The van der Waals surface area contributed by atoms with Crippen molar-refractivity contribution < 1.29 is 9.31 Å². The highest BCUT2D eigenvalue weighted by Gasteiger charge is 2.41. The Kier molecular flexibility index (Phi) is 6.34. The topological polar surface area (TPSA) is 61.0 Å². The zero-order valence-corrected chi connectivity index (χ0v) is 21.5. The van der Waals surface area contributed by atoms with Crippen LogP contribution in [0.25, 0.3) is 23.1 Å². The van der Waals surface area contributed by atoms with Gasteiger partial charge in [-0.05, 0) is 40.3 Å². The summed E-state index contributed by atoms with van der Waals surface area (Å²) in [6, 6.07) is 36.2. The third-order valence-corrected chi connectivity index (χ3v) is 7.65. The zero-order valence-electron chi connectivity index (χ0n) is 20.6. The number of halogens is 1. The first kappa shape index (κ1) is 24.5. The lowest BCUT2D eigenvalue weighted by atomic mass is 9.77. The molecule has 0 spiro atoms. The molecule has 0 aliphatic heterocycles. The molecular formula is C32H22FN3O2S. The number of hydrogen-bond acceptors (Lipinski definition) is 4. The molecule has 4 aromatic carbocycles. The van der Waals surface area contributed by atoms with Gasteiger partial charge in [0.1, 0.15) is 5.54 Å². The predicted molar refractivity (Wildman–Crippen MR) is 154 cm³/mol. The Labute approximate surface area is 228 Å². The fourth-order valence-electron chi connectivity index (χ4n) is 5.12. The normalized spacial score (nSPS) is 11.8. The second kappa shape index (κ2) is 10.1. The lowest BCUT2D eigenvalue weighted by Crippen LogP contribution is -2.38. The van der Waals surface area contributed by atoms with Crippen LogP contribution in [0.1, 0.15) is 27.3 Å². The van der Waals surface area contributed by atoms with Gasteiger partial charge in [0, 0.05) is 22.4 Å². The standard InChI is InChI=1S/C32H22FN3O2S/c33-28-22-30-27(21-31(28)36(37)38)29(19-18-26-17-10-20-39-26)34-35(30)32(23-11-4-1-5-12-23,24-13-6-2-7-14-24)25-15-8-3-9-16-25/h1-22H/b19-18+. The minimum atomic E-state index is -1.00. The molecule has 0 aliphatic carbocycles. The number of hydrogen-bond donors (Lipinski definition) is 0. The van der Waals surface area contributed by atoms with E-state index in [9.17, 15) is 10.1 Å². The van der Waals surface area contributed by atoms with Crippen molar-refractivity contribution >= 4 is 40.1 Å². The van der Waals surface area contributed by atoms with Crippen molar-refractivity contribution in [3.8, 4) is 0 Å². The average Bonchev–Trinajstić information content (AvgIpc) is 3.62. The molecule has 0 atom stereocenters. The first-order valence-corrected chi connectivity index (χ1v) is 13.2. The summed E-state index contributed by atoms with van der Waals surface area (Å²) in [5.74, 6) is -0.912. The zero-order chi connectivity index (χ0) is 26.8. The summed E-state index contributed by atoms with van der Waals surface area (Å²) in [6.45, 7) is 0. The van der Waals surface area contributed by atoms with E-state index in [0.717, 1.165) is 21.6 Å². The lowest BCUT2D eigenvalue weighted by molar-refractivity contribution is -0.387. The van der Waals surface area contributed by atoms with Crippen molar-refractivity contribution in [1.82, 2.24) is 9.78 Å². The third-order valence-electron chi connectivity index (χ3n) is 6.81. The van der Waals surface area contributed by atoms with E-state index in [1.165, 1.54) is 12.1 Å². The number of thiophene rings is 1. The molecule has 0 amide bonds. The monoisotopic (exact) mass is 531 g/mol. The summed E-state index contributed by atoms with van der Waals surface area (Å²) >= 11 is 1.57. The lowest BCUT2D eigenvalue weighted by Gasteiger charge is -2.37. The molecule has 5 nitrogen and oxygen atoms in total. The summed E-state index contributed by atoms with van der Waals surface area (Å²) < 4.78 is 17.1. The second-order valence-electron chi connectivity index (χ2n) is 9.03. The van der Waals surface area contributed by atoms with Gasteiger partial charge in [0.05, 0.1) is 16.1 Å². The molecule has 0 saturated heterocycles. The maximum atomic E-state index is 15.3. The van der Waals surface area contributed by atoms with Gasteiger partial charge in [-0.2, -0.15) is 9.49 Å². The van der Waals surface area contributed by atoms with Crippen molar-refractivity contribution in [3.63, 3.8) is 0 Å². The second-order valence-corrected chi connectivity index (χ2v) is 10.0. The van der Waals surface area contributed by atoms with Crippen LogP contribution in [0.3, 0.4) is 0 Å². The van der Waals surface area contributed by atoms with Crippen LogP contribution in [0, 0.1) is 15.9 Å². The molecule has 7 heteroatoms. The highest BCUT2D eigenvalue weighted by molar-refractivity contribution is 7.10. The molecular weight excluding hydrogens is 509 g/mol. The Hall–Kier alpha value is -4.88. The van der Waals surface area contributed by atoms with Crippen molar-refractivity contribution in [3.05, 3.63) is 164 Å². The van der Waals surface area contributed by atoms with Crippen molar-refractivity contribution in [2.24, 2.45) is 0 Å². The quantitative estimate of drug-likeness (QED) is 0.119. The summed E-state index contributed by atoms with van der Waals surface area (Å²) in [6.07, 6.45) is 3.75. The first-order chi connectivity index (χ1) is 19.1. The van der Waals surface area contributed by atoms with Gasteiger partial charge in [-0.1, -0.05) is 97.1 Å². The molecule has 0 aliphatic rings. The van der Waals surface area contributed by atoms with Crippen LogP contribution in [0.2, 0.25) is 0 Å². The fraction of sp³-hybridized carbons (Fsp3) is 0.0312. The van der Waals surface area contributed by atoms with Crippen LogP contribution in [-0.4, -0.2) is 14.7 Å². The van der Waals surface area contributed by atoms with Gasteiger partial charge in [0.2, 0.25) is 5.82 Å². The molecule has 0 saturated carbocycles. The van der Waals surface area contributed by atoms with Crippen LogP contribution in [0.5, 0.6) is 0 Å². The molecule has 0 bridgehead atoms. The van der Waals surface area contributed by atoms with Crippen molar-refractivity contribution in [1.29, 1.82) is 0 Å². The minimum absolute atomic E-state index is 0.445. The SMILES string of the molecule is O=[N+]([O-])c1cc2c(/C=C/c3cccs3)nn(C(c3ccccc3)(c3ccccc3)c3ccccc3)c2cc1F. The van der Waals surface area contributed by atoms with E-state index in [4.69, 9.17) is 5.10 Å². The van der Waals surface area contributed by atoms with E-state index in [2.05, 4.69) is 0 Å². The average molecular weight is 532 g/mol. The molecule has 0 N–H and O–H groups in total. The molecule has 2 aromatic heterocycles. The molecule has 0 fully saturated rings.